The van der Waals surface area contributed by atoms with Crippen LogP contribution >= 0.6 is 0 Å². The summed E-state index contributed by atoms with van der Waals surface area (Å²) in [7, 11) is 0. The molecule has 0 aliphatic heterocycles. The summed E-state index contributed by atoms with van der Waals surface area (Å²) < 4.78 is 0. The zero-order valence-electron chi connectivity index (χ0n) is 20.9. The van der Waals surface area contributed by atoms with Gasteiger partial charge in [-0.1, -0.05) is 84.3 Å². The monoisotopic (exact) mass is 426 g/mol. The van der Waals surface area contributed by atoms with Gasteiger partial charge >= 0.3 is 0 Å². The SMILES string of the molecule is CC(C)(C)C1C=CC(C2CCCC2)(C2CCCC2)C(O)C1(C1CCCC1)C1CCCC1. The first-order chi connectivity index (χ1) is 14.9. The van der Waals surface area contributed by atoms with Crippen LogP contribution in [0.5, 0.6) is 0 Å². The second-order valence-corrected chi connectivity index (χ2v) is 13.5. The Hall–Kier alpha value is -0.300. The maximum atomic E-state index is 13.1. The van der Waals surface area contributed by atoms with Crippen LogP contribution in [-0.2, 0) is 0 Å². The predicted octanol–water partition coefficient (Wildman–Crippen LogP) is 8.31. The summed E-state index contributed by atoms with van der Waals surface area (Å²) in [5, 5.41) is 13.1. The van der Waals surface area contributed by atoms with Crippen molar-refractivity contribution in [1.82, 2.24) is 0 Å². The van der Waals surface area contributed by atoms with Crippen LogP contribution in [0.4, 0.5) is 0 Å². The molecule has 0 amide bonds. The Morgan fingerprint density at radius 2 is 0.968 bits per heavy atom. The molecule has 4 saturated carbocycles. The molecule has 176 valence electrons. The van der Waals surface area contributed by atoms with E-state index in [9.17, 15) is 5.11 Å². The quantitative estimate of drug-likeness (QED) is 0.448. The van der Waals surface area contributed by atoms with Crippen molar-refractivity contribution in [2.75, 3.05) is 0 Å². The van der Waals surface area contributed by atoms with Gasteiger partial charge in [0.05, 0.1) is 6.10 Å². The van der Waals surface area contributed by atoms with E-state index in [-0.39, 0.29) is 22.3 Å². The van der Waals surface area contributed by atoms with Crippen molar-refractivity contribution in [3.8, 4) is 0 Å². The van der Waals surface area contributed by atoms with Crippen molar-refractivity contribution in [2.24, 2.45) is 45.8 Å². The van der Waals surface area contributed by atoms with Gasteiger partial charge in [0.25, 0.3) is 0 Å². The van der Waals surface area contributed by atoms with Crippen molar-refractivity contribution >= 4 is 0 Å². The number of aliphatic hydroxyl groups excluding tert-OH is 1. The molecule has 2 unspecified atom stereocenters. The summed E-state index contributed by atoms with van der Waals surface area (Å²) in [5.74, 6) is 3.45. The number of hydrogen-bond acceptors (Lipinski definition) is 1. The molecule has 1 nitrogen and oxygen atoms in total. The molecule has 0 aromatic rings. The number of aliphatic hydroxyl groups is 1. The highest BCUT2D eigenvalue weighted by Crippen LogP contribution is 2.69. The van der Waals surface area contributed by atoms with Crippen molar-refractivity contribution in [3.63, 3.8) is 0 Å². The van der Waals surface area contributed by atoms with Gasteiger partial charge in [-0.2, -0.15) is 0 Å². The summed E-state index contributed by atoms with van der Waals surface area (Å²) >= 11 is 0. The lowest BCUT2D eigenvalue weighted by molar-refractivity contribution is -0.193. The Balaban J connectivity index is 1.70. The summed E-state index contributed by atoms with van der Waals surface area (Å²) in [5.41, 5.74) is 0.408. The highest BCUT2D eigenvalue weighted by Gasteiger charge is 2.66. The zero-order chi connectivity index (χ0) is 21.7. The Bertz CT molecular complexity index is 598. The van der Waals surface area contributed by atoms with Gasteiger partial charge in [-0.05, 0) is 86.4 Å². The first-order valence-corrected chi connectivity index (χ1v) is 14.3. The van der Waals surface area contributed by atoms with E-state index >= 15 is 0 Å². The highest BCUT2D eigenvalue weighted by atomic mass is 16.3. The second-order valence-electron chi connectivity index (χ2n) is 13.5. The smallest absolute Gasteiger partial charge is 0.0703 e. The fraction of sp³-hybridized carbons (Fsp3) is 0.933. The molecule has 1 heteroatoms. The predicted molar refractivity (Wildman–Crippen MR) is 131 cm³/mol. The summed E-state index contributed by atoms with van der Waals surface area (Å²) in [6.07, 6.45) is 27.4. The average molecular weight is 427 g/mol. The summed E-state index contributed by atoms with van der Waals surface area (Å²) in [6.45, 7) is 7.43. The van der Waals surface area contributed by atoms with Gasteiger partial charge in [0, 0.05) is 10.8 Å². The molecule has 0 bridgehead atoms. The molecule has 0 aromatic heterocycles. The van der Waals surface area contributed by atoms with E-state index in [0.717, 1.165) is 23.7 Å². The van der Waals surface area contributed by atoms with Gasteiger partial charge < -0.3 is 5.11 Å². The molecule has 0 heterocycles. The Kier molecular flexibility index (Phi) is 6.15. The van der Waals surface area contributed by atoms with Gasteiger partial charge in [-0.3, -0.25) is 0 Å². The Morgan fingerprint density at radius 3 is 1.32 bits per heavy atom. The van der Waals surface area contributed by atoms with Crippen molar-refractivity contribution in [2.45, 2.75) is 130 Å². The van der Waals surface area contributed by atoms with E-state index in [4.69, 9.17) is 0 Å². The topological polar surface area (TPSA) is 20.2 Å². The molecule has 31 heavy (non-hydrogen) atoms. The maximum absolute atomic E-state index is 13.1. The number of rotatable bonds is 4. The molecule has 4 fully saturated rings. The second kappa shape index (κ2) is 8.48. The number of allylic oxidation sites excluding steroid dienone is 1. The van der Waals surface area contributed by atoms with E-state index < -0.39 is 0 Å². The first-order valence-electron chi connectivity index (χ1n) is 14.3. The normalized spacial score (nSPS) is 35.5. The van der Waals surface area contributed by atoms with Gasteiger partial charge in [0.2, 0.25) is 0 Å². The molecule has 0 saturated heterocycles. The maximum Gasteiger partial charge on any atom is 0.0703 e. The van der Waals surface area contributed by atoms with E-state index in [2.05, 4.69) is 32.9 Å². The van der Waals surface area contributed by atoms with Crippen LogP contribution in [0, 0.1) is 45.8 Å². The lowest BCUT2D eigenvalue weighted by Crippen LogP contribution is -2.64. The van der Waals surface area contributed by atoms with Gasteiger partial charge in [-0.15, -0.1) is 0 Å². The molecule has 1 N–H and O–H groups in total. The van der Waals surface area contributed by atoms with Crippen LogP contribution in [0.15, 0.2) is 12.2 Å². The molecular weight excluding hydrogens is 376 g/mol. The third-order valence-corrected chi connectivity index (χ3v) is 11.2. The average Bonchev–Trinajstić information content (AvgIpc) is 3.56. The number of hydrogen-bond donors (Lipinski definition) is 1. The third kappa shape index (κ3) is 3.41. The van der Waals surface area contributed by atoms with Crippen molar-refractivity contribution in [3.05, 3.63) is 12.2 Å². The van der Waals surface area contributed by atoms with Crippen LogP contribution < -0.4 is 0 Å². The van der Waals surface area contributed by atoms with E-state index in [1.807, 2.05) is 0 Å². The molecule has 5 aliphatic rings. The van der Waals surface area contributed by atoms with Crippen LogP contribution in [0.1, 0.15) is 124 Å². The van der Waals surface area contributed by atoms with Crippen molar-refractivity contribution < 1.29 is 5.11 Å². The highest BCUT2D eigenvalue weighted by molar-refractivity contribution is 5.26. The standard InChI is InChI=1S/C30H50O/c1-28(2,3)26-20-21-29(22-12-4-5-13-22,23-14-6-7-15-23)27(31)30(26,24-16-8-9-17-24)25-18-10-11-19-25/h20-27,31H,4-19H2,1-3H3. The van der Waals surface area contributed by atoms with Crippen molar-refractivity contribution in [1.29, 1.82) is 0 Å². The van der Waals surface area contributed by atoms with Crippen LogP contribution in [0.3, 0.4) is 0 Å². The largest absolute Gasteiger partial charge is 0.392 e. The van der Waals surface area contributed by atoms with Crippen LogP contribution in [0.2, 0.25) is 0 Å². The molecule has 5 rings (SSSR count). The molecule has 0 aromatic carbocycles. The summed E-state index contributed by atoms with van der Waals surface area (Å²) in [4.78, 5) is 0. The van der Waals surface area contributed by atoms with Gasteiger partial charge in [-0.25, -0.2) is 0 Å². The van der Waals surface area contributed by atoms with E-state index in [1.165, 1.54) is 103 Å². The molecule has 0 spiro atoms. The Labute approximate surface area is 192 Å². The fourth-order valence-corrected chi connectivity index (χ4v) is 10.2. The summed E-state index contributed by atoms with van der Waals surface area (Å²) in [6, 6.07) is 0. The minimum atomic E-state index is -0.119. The van der Waals surface area contributed by atoms with Crippen LogP contribution in [0.25, 0.3) is 0 Å². The van der Waals surface area contributed by atoms with Gasteiger partial charge in [0.1, 0.15) is 0 Å². The lowest BCUT2D eigenvalue weighted by Gasteiger charge is -2.64. The van der Waals surface area contributed by atoms with Gasteiger partial charge in [0.15, 0.2) is 0 Å². The fourth-order valence-electron chi connectivity index (χ4n) is 10.2. The van der Waals surface area contributed by atoms with Crippen LogP contribution in [-0.4, -0.2) is 11.2 Å². The minimum Gasteiger partial charge on any atom is -0.392 e. The Morgan fingerprint density at radius 1 is 0.613 bits per heavy atom. The first kappa shape index (κ1) is 22.5. The molecular formula is C30H50O. The zero-order valence-corrected chi connectivity index (χ0v) is 20.9. The lowest BCUT2D eigenvalue weighted by atomic mass is 9.41. The molecule has 0 radical (unpaired) electrons. The minimum absolute atomic E-state index is 0.0694. The molecule has 5 aliphatic carbocycles. The van der Waals surface area contributed by atoms with E-state index in [1.54, 1.807) is 0 Å². The van der Waals surface area contributed by atoms with E-state index in [0.29, 0.717) is 5.92 Å². The molecule has 2 atom stereocenters. The third-order valence-electron chi connectivity index (χ3n) is 11.2.